The zero-order valence-electron chi connectivity index (χ0n) is 12.1. The van der Waals surface area contributed by atoms with E-state index in [1.165, 1.54) is 18.3 Å². The van der Waals surface area contributed by atoms with Crippen molar-refractivity contribution in [2.24, 2.45) is 22.6 Å². The highest BCUT2D eigenvalue weighted by molar-refractivity contribution is 7.89. The lowest BCUT2D eigenvalue weighted by Crippen LogP contribution is -2.21. The highest BCUT2D eigenvalue weighted by Crippen LogP contribution is 2.28. The molecule has 0 aliphatic carbocycles. The number of sulfonamides is 1. The molecular formula is C13H18N6O3S. The second-order valence-electron chi connectivity index (χ2n) is 4.33. The Morgan fingerprint density at radius 3 is 2.43 bits per heavy atom. The van der Waals surface area contributed by atoms with Crippen LogP contribution in [0.1, 0.15) is 11.3 Å². The number of hydrazine groups is 1. The largest absolute Gasteiger partial charge is 0.390 e. The highest BCUT2D eigenvalue weighted by atomic mass is 32.2. The van der Waals surface area contributed by atoms with Crippen LogP contribution in [0.25, 0.3) is 11.1 Å². The van der Waals surface area contributed by atoms with Crippen molar-refractivity contribution in [3.63, 3.8) is 0 Å². The van der Waals surface area contributed by atoms with Gasteiger partial charge in [-0.15, -0.1) is 0 Å². The minimum atomic E-state index is -4.01. The van der Waals surface area contributed by atoms with E-state index in [0.29, 0.717) is 16.8 Å². The molecule has 0 saturated carbocycles. The van der Waals surface area contributed by atoms with E-state index in [2.05, 4.69) is 16.7 Å². The van der Waals surface area contributed by atoms with E-state index in [4.69, 9.17) is 21.4 Å². The van der Waals surface area contributed by atoms with Gasteiger partial charge in [-0.25, -0.2) is 13.6 Å². The predicted molar refractivity (Wildman–Crippen MR) is 86.4 cm³/mol. The Kier molecular flexibility index (Phi) is 6.30. The van der Waals surface area contributed by atoms with Gasteiger partial charge in [0.25, 0.3) is 0 Å². The molecule has 1 heterocycles. The maximum Gasteiger partial charge on any atom is 0.238 e. The summed E-state index contributed by atoms with van der Waals surface area (Å²) in [5, 5.41) is 21.9. The molecule has 0 aliphatic rings. The van der Waals surface area contributed by atoms with Gasteiger partial charge in [-0.05, 0) is 29.3 Å². The van der Waals surface area contributed by atoms with Crippen molar-refractivity contribution >= 4 is 15.9 Å². The first-order valence-corrected chi connectivity index (χ1v) is 7.79. The number of nitrogen functional groups attached to an aromatic ring is 1. The zero-order chi connectivity index (χ0) is 17.6. The summed E-state index contributed by atoms with van der Waals surface area (Å²) in [5.74, 6) is 7.59. The zero-order valence-corrected chi connectivity index (χ0v) is 12.9. The molecule has 0 radical (unpaired) electrons. The summed E-state index contributed by atoms with van der Waals surface area (Å²) in [6.45, 7) is -0.252. The molecule has 2 rings (SSSR count). The topological polar surface area (TPSA) is 195 Å². The molecule has 0 saturated heterocycles. The van der Waals surface area contributed by atoms with Crippen molar-refractivity contribution < 1.29 is 13.5 Å². The average Bonchev–Trinajstić information content (AvgIpc) is 2.55. The summed E-state index contributed by atoms with van der Waals surface area (Å²) >= 11 is 0. The van der Waals surface area contributed by atoms with E-state index in [1.807, 2.05) is 0 Å². The maximum absolute atomic E-state index is 11.6. The van der Waals surface area contributed by atoms with Crippen molar-refractivity contribution in [3.05, 3.63) is 47.8 Å². The molecule has 0 spiro atoms. The summed E-state index contributed by atoms with van der Waals surface area (Å²) < 4.78 is 23.3. The normalized spacial score (nSPS) is 10.6. The molecule has 0 amide bonds. The second-order valence-corrected chi connectivity index (χ2v) is 5.86. The first kappa shape index (κ1) is 18.7. The molecule has 0 atom stereocenters. The van der Waals surface area contributed by atoms with Crippen LogP contribution in [0.2, 0.25) is 0 Å². The molecule has 10 N–H and O–H groups in total. The number of hydrogen-bond acceptors (Lipinski definition) is 7. The molecule has 1 aromatic heterocycles. The predicted octanol–water partition coefficient (Wildman–Crippen LogP) is -1.01. The highest BCUT2D eigenvalue weighted by Gasteiger charge is 2.20. The van der Waals surface area contributed by atoms with Gasteiger partial charge >= 0.3 is 0 Å². The number of aliphatic hydroxyl groups excluding tert-OH is 1. The van der Waals surface area contributed by atoms with Crippen LogP contribution in [0.15, 0.2) is 41.4 Å². The number of pyridine rings is 1. The van der Waals surface area contributed by atoms with Gasteiger partial charge in [0.05, 0.1) is 17.2 Å². The number of aromatic nitrogens is 1. The molecule has 2 aromatic rings. The molecule has 0 bridgehead atoms. The fraction of sp³-hybridized carbons (Fsp3) is 0.0769. The minimum absolute atomic E-state index is 0.0371. The molecule has 9 nitrogen and oxygen atoms in total. The summed E-state index contributed by atoms with van der Waals surface area (Å²) in [6.07, 6.45) is 1.48. The molecule has 23 heavy (non-hydrogen) atoms. The lowest BCUT2D eigenvalue weighted by atomic mass is 9.99. The number of nitrogens with one attached hydrogen (secondary N) is 1. The Morgan fingerprint density at radius 1 is 1.26 bits per heavy atom. The summed E-state index contributed by atoms with van der Waals surface area (Å²) in [6, 6.07) is 7.66. The van der Waals surface area contributed by atoms with E-state index >= 15 is 0 Å². The molecule has 124 valence electrons. The van der Waals surface area contributed by atoms with E-state index < -0.39 is 15.9 Å². The average molecular weight is 338 g/mol. The number of nitrogens with two attached hydrogens (primary N) is 4. The first-order chi connectivity index (χ1) is 10.8. The Bertz CT molecular complexity index is 807. The first-order valence-electron chi connectivity index (χ1n) is 6.24. The van der Waals surface area contributed by atoms with E-state index in [9.17, 15) is 8.42 Å². The van der Waals surface area contributed by atoms with Gasteiger partial charge in [0.1, 0.15) is 5.84 Å². The standard InChI is InChI=1S/C13H14N4O3S.H4N2/c14-13(15)12-10(2-1-3-11(12)21(16,19)20)8-4-5-17-9(6-8)7-18;1-2/h1-6,18H,7H2,(H3,14,15)(H2,16,19,20);1-2H2. The number of hydrogen-bond donors (Lipinski definition) is 6. The summed E-state index contributed by atoms with van der Waals surface area (Å²) in [5.41, 5.74) is 7.00. The van der Waals surface area contributed by atoms with Crippen LogP contribution < -0.4 is 22.6 Å². The van der Waals surface area contributed by atoms with Crippen LogP contribution >= 0.6 is 0 Å². The molecule has 0 unspecified atom stereocenters. The van der Waals surface area contributed by atoms with Gasteiger partial charge in [0.2, 0.25) is 10.0 Å². The fourth-order valence-corrected chi connectivity index (χ4v) is 2.79. The van der Waals surface area contributed by atoms with Crippen LogP contribution in [-0.2, 0) is 16.6 Å². The van der Waals surface area contributed by atoms with Crippen molar-refractivity contribution in [1.29, 1.82) is 5.41 Å². The van der Waals surface area contributed by atoms with Gasteiger partial charge in [0.15, 0.2) is 0 Å². The van der Waals surface area contributed by atoms with Crippen LogP contribution in [0.3, 0.4) is 0 Å². The lowest BCUT2D eigenvalue weighted by molar-refractivity contribution is 0.277. The van der Waals surface area contributed by atoms with Crippen molar-refractivity contribution in [1.82, 2.24) is 4.98 Å². The fourth-order valence-electron chi connectivity index (χ4n) is 2.02. The Morgan fingerprint density at radius 2 is 1.91 bits per heavy atom. The van der Waals surface area contributed by atoms with E-state index in [-0.39, 0.29) is 17.1 Å². The van der Waals surface area contributed by atoms with Crippen molar-refractivity contribution in [3.8, 4) is 11.1 Å². The van der Waals surface area contributed by atoms with Crippen LogP contribution in [0, 0.1) is 5.41 Å². The van der Waals surface area contributed by atoms with Crippen LogP contribution in [-0.4, -0.2) is 24.3 Å². The third kappa shape index (κ3) is 4.31. The van der Waals surface area contributed by atoms with Gasteiger partial charge < -0.3 is 10.8 Å². The minimum Gasteiger partial charge on any atom is -0.390 e. The van der Waals surface area contributed by atoms with E-state index in [1.54, 1.807) is 18.2 Å². The summed E-state index contributed by atoms with van der Waals surface area (Å²) in [7, 11) is -4.01. The third-order valence-corrected chi connectivity index (χ3v) is 3.84. The molecule has 0 aliphatic heterocycles. The third-order valence-electron chi connectivity index (χ3n) is 2.89. The van der Waals surface area contributed by atoms with E-state index in [0.717, 1.165) is 0 Å². The van der Waals surface area contributed by atoms with Crippen molar-refractivity contribution in [2.75, 3.05) is 0 Å². The maximum atomic E-state index is 11.6. The van der Waals surface area contributed by atoms with Crippen LogP contribution in [0.4, 0.5) is 0 Å². The Hall–Kier alpha value is -2.37. The smallest absolute Gasteiger partial charge is 0.238 e. The van der Waals surface area contributed by atoms with Gasteiger partial charge in [0, 0.05) is 11.8 Å². The van der Waals surface area contributed by atoms with Gasteiger partial charge in [-0.2, -0.15) is 0 Å². The monoisotopic (exact) mass is 338 g/mol. The Labute approximate surface area is 133 Å². The molecular weight excluding hydrogens is 320 g/mol. The Balaban J connectivity index is 0.00000127. The molecule has 10 heteroatoms. The van der Waals surface area contributed by atoms with Gasteiger partial charge in [-0.1, -0.05) is 12.1 Å². The number of amidine groups is 1. The quantitative estimate of drug-likeness (QED) is 0.178. The number of aliphatic hydroxyl groups is 1. The molecule has 0 fully saturated rings. The number of nitrogens with zero attached hydrogens (tertiary/aromatic N) is 1. The lowest BCUT2D eigenvalue weighted by Gasteiger charge is -2.13. The number of primary sulfonamides is 1. The number of rotatable bonds is 4. The second kappa shape index (κ2) is 7.76. The number of benzene rings is 1. The van der Waals surface area contributed by atoms with Gasteiger partial charge in [-0.3, -0.25) is 22.1 Å². The van der Waals surface area contributed by atoms with Crippen LogP contribution in [0.5, 0.6) is 0 Å². The summed E-state index contributed by atoms with van der Waals surface area (Å²) in [4.78, 5) is 3.74. The SMILES string of the molecule is N=C(N)c1c(-c2ccnc(CO)c2)cccc1S(N)(=O)=O.NN. The van der Waals surface area contributed by atoms with Crippen molar-refractivity contribution in [2.45, 2.75) is 11.5 Å². The molecule has 1 aromatic carbocycles.